The minimum absolute atomic E-state index is 0.0538. The second-order valence-corrected chi connectivity index (χ2v) is 6.85. The third-order valence-electron chi connectivity index (χ3n) is 4.93. The Bertz CT molecular complexity index is 795. The molecule has 1 aliphatic rings. The van der Waals surface area contributed by atoms with E-state index >= 15 is 0 Å². The molecule has 2 N–H and O–H groups in total. The van der Waals surface area contributed by atoms with Gasteiger partial charge >= 0.3 is 6.18 Å². The van der Waals surface area contributed by atoms with Crippen LogP contribution in [0.1, 0.15) is 31.2 Å². The molecule has 0 saturated carbocycles. The Morgan fingerprint density at radius 1 is 0.679 bits per heavy atom. The van der Waals surface area contributed by atoms with Crippen LogP contribution in [0.25, 0.3) is 0 Å². The summed E-state index contributed by atoms with van der Waals surface area (Å²) in [4.78, 5) is 3.95. The van der Waals surface area contributed by atoms with Crippen molar-refractivity contribution in [2.75, 3.05) is 36.1 Å². The van der Waals surface area contributed by atoms with Gasteiger partial charge in [-0.3, -0.25) is 0 Å². The summed E-state index contributed by atoms with van der Waals surface area (Å²) >= 11 is 0. The van der Waals surface area contributed by atoms with Crippen molar-refractivity contribution in [1.29, 1.82) is 0 Å². The van der Waals surface area contributed by atoms with Gasteiger partial charge in [0.05, 0.1) is 28.3 Å². The highest BCUT2D eigenvalue weighted by Gasteiger charge is 2.34. The molecular weight excluding hydrogens is 369 g/mol. The number of fused-ring (bicyclic) bond motifs is 2. The van der Waals surface area contributed by atoms with Crippen LogP contribution in [-0.2, 0) is 6.18 Å². The van der Waals surface area contributed by atoms with Gasteiger partial charge in [0.1, 0.15) is 0 Å². The van der Waals surface area contributed by atoms with Gasteiger partial charge in [-0.1, -0.05) is 12.1 Å². The molecule has 0 spiro atoms. The molecule has 4 nitrogen and oxygen atoms in total. The van der Waals surface area contributed by atoms with E-state index in [0.29, 0.717) is 38.0 Å². The number of alkyl halides is 3. The van der Waals surface area contributed by atoms with Crippen molar-refractivity contribution in [3.63, 3.8) is 0 Å². The molecule has 28 heavy (non-hydrogen) atoms. The minimum atomic E-state index is -4.41. The Kier molecular flexibility index (Phi) is 6.46. The molecule has 0 amide bonds. The maximum Gasteiger partial charge on any atom is 0.416 e. The molecule has 2 aromatic rings. The molecule has 1 aliphatic heterocycles. The highest BCUT2D eigenvalue weighted by molar-refractivity contribution is 5.93. The SMILES string of the molecule is OCCCCN1c2ccccc2N(CCCCO)c2cc(C(F)(F)F)ccc21. The van der Waals surface area contributed by atoms with E-state index in [1.54, 1.807) is 0 Å². The van der Waals surface area contributed by atoms with Gasteiger partial charge in [0.25, 0.3) is 0 Å². The summed E-state index contributed by atoms with van der Waals surface area (Å²) in [5, 5.41) is 18.2. The van der Waals surface area contributed by atoms with Gasteiger partial charge in [-0.05, 0) is 56.0 Å². The first-order valence-corrected chi connectivity index (χ1v) is 9.54. The number of unbranched alkanes of at least 4 members (excludes halogenated alkanes) is 2. The lowest BCUT2D eigenvalue weighted by Crippen LogP contribution is -2.31. The van der Waals surface area contributed by atoms with Crippen molar-refractivity contribution in [2.24, 2.45) is 0 Å². The van der Waals surface area contributed by atoms with E-state index in [9.17, 15) is 13.2 Å². The van der Waals surface area contributed by atoms with Gasteiger partial charge in [0.15, 0.2) is 0 Å². The fourth-order valence-corrected chi connectivity index (χ4v) is 3.57. The van der Waals surface area contributed by atoms with E-state index in [4.69, 9.17) is 10.2 Å². The summed E-state index contributed by atoms with van der Waals surface area (Å²) in [5.41, 5.74) is 2.38. The normalized spacial score (nSPS) is 13.5. The third-order valence-corrected chi connectivity index (χ3v) is 4.93. The third kappa shape index (κ3) is 4.25. The van der Waals surface area contributed by atoms with Crippen molar-refractivity contribution >= 4 is 22.7 Å². The monoisotopic (exact) mass is 394 g/mol. The number of rotatable bonds is 8. The van der Waals surface area contributed by atoms with Crippen LogP contribution in [0.3, 0.4) is 0 Å². The van der Waals surface area contributed by atoms with Gasteiger partial charge in [-0.25, -0.2) is 0 Å². The van der Waals surface area contributed by atoms with E-state index in [0.717, 1.165) is 29.5 Å². The molecule has 2 aromatic carbocycles. The van der Waals surface area contributed by atoms with Gasteiger partial charge in [-0.2, -0.15) is 13.2 Å². The second-order valence-electron chi connectivity index (χ2n) is 6.85. The molecule has 0 radical (unpaired) electrons. The molecule has 0 aliphatic carbocycles. The maximum absolute atomic E-state index is 13.3. The molecule has 0 unspecified atom stereocenters. The lowest BCUT2D eigenvalue weighted by atomic mass is 10.0. The quantitative estimate of drug-likeness (QED) is 0.629. The van der Waals surface area contributed by atoms with E-state index in [1.807, 2.05) is 34.1 Å². The van der Waals surface area contributed by atoms with Crippen LogP contribution in [0.15, 0.2) is 42.5 Å². The fraction of sp³-hybridized carbons (Fsp3) is 0.429. The fourth-order valence-electron chi connectivity index (χ4n) is 3.57. The number of benzene rings is 2. The molecule has 0 bridgehead atoms. The largest absolute Gasteiger partial charge is 0.416 e. The first kappa shape index (κ1) is 20.5. The van der Waals surface area contributed by atoms with Gasteiger partial charge in [0, 0.05) is 26.3 Å². The molecular formula is C21H25F3N2O2. The summed E-state index contributed by atoms with van der Waals surface area (Å²) in [5.74, 6) is 0. The molecule has 0 fully saturated rings. The van der Waals surface area contributed by atoms with Crippen LogP contribution >= 0.6 is 0 Å². The van der Waals surface area contributed by atoms with Gasteiger partial charge in [0.2, 0.25) is 0 Å². The number of aliphatic hydroxyl groups is 2. The molecule has 0 atom stereocenters. The summed E-state index contributed by atoms with van der Waals surface area (Å²) in [6.45, 7) is 1.28. The van der Waals surface area contributed by atoms with Crippen LogP contribution in [0.4, 0.5) is 35.9 Å². The zero-order valence-corrected chi connectivity index (χ0v) is 15.6. The average Bonchev–Trinajstić information content (AvgIpc) is 2.68. The van der Waals surface area contributed by atoms with Crippen LogP contribution in [0.5, 0.6) is 0 Å². The number of anilines is 4. The number of hydrogen-bond acceptors (Lipinski definition) is 4. The summed E-state index contributed by atoms with van der Waals surface area (Å²) in [6, 6.07) is 11.5. The van der Waals surface area contributed by atoms with E-state index < -0.39 is 11.7 Å². The lowest BCUT2D eigenvalue weighted by Gasteiger charge is -2.40. The molecule has 3 rings (SSSR count). The maximum atomic E-state index is 13.3. The number of hydrogen-bond donors (Lipinski definition) is 2. The summed E-state index contributed by atoms with van der Waals surface area (Å²) < 4.78 is 40.0. The predicted molar refractivity (Wildman–Crippen MR) is 105 cm³/mol. The van der Waals surface area contributed by atoms with Crippen molar-refractivity contribution in [1.82, 2.24) is 0 Å². The first-order chi connectivity index (χ1) is 13.5. The highest BCUT2D eigenvalue weighted by atomic mass is 19.4. The number of halogens is 3. The van der Waals surface area contributed by atoms with Gasteiger partial charge in [-0.15, -0.1) is 0 Å². The standard InChI is InChI=1S/C21H25F3N2O2/c22-21(23,24)16-9-10-19-20(15-16)26(12-4-6-14-28)18-8-2-1-7-17(18)25(19)11-3-5-13-27/h1-2,7-10,15,27-28H,3-6,11-14H2. The van der Waals surface area contributed by atoms with Crippen molar-refractivity contribution < 1.29 is 23.4 Å². The topological polar surface area (TPSA) is 46.9 Å². The van der Waals surface area contributed by atoms with Crippen LogP contribution in [0, 0.1) is 0 Å². The Morgan fingerprint density at radius 2 is 1.18 bits per heavy atom. The van der Waals surface area contributed by atoms with Crippen LogP contribution in [-0.4, -0.2) is 36.5 Å². The lowest BCUT2D eigenvalue weighted by molar-refractivity contribution is -0.137. The predicted octanol–water partition coefficient (Wildman–Crippen LogP) is 4.84. The van der Waals surface area contributed by atoms with Gasteiger partial charge < -0.3 is 20.0 Å². The Balaban J connectivity index is 2.07. The number of para-hydroxylation sites is 2. The number of nitrogens with zero attached hydrogens (tertiary/aromatic N) is 2. The zero-order valence-electron chi connectivity index (χ0n) is 15.6. The minimum Gasteiger partial charge on any atom is -0.396 e. The molecule has 1 heterocycles. The van der Waals surface area contributed by atoms with Crippen LogP contribution < -0.4 is 9.80 Å². The van der Waals surface area contributed by atoms with Crippen molar-refractivity contribution in [3.05, 3.63) is 48.0 Å². The highest BCUT2D eigenvalue weighted by Crippen LogP contribution is 2.49. The zero-order chi connectivity index (χ0) is 20.1. The molecule has 0 aromatic heterocycles. The molecule has 0 saturated heterocycles. The van der Waals surface area contributed by atoms with Crippen LogP contribution in [0.2, 0.25) is 0 Å². The smallest absolute Gasteiger partial charge is 0.396 e. The van der Waals surface area contributed by atoms with E-state index in [2.05, 4.69) is 0 Å². The second kappa shape index (κ2) is 8.84. The average molecular weight is 394 g/mol. The molecule has 152 valence electrons. The van der Waals surface area contributed by atoms with Crippen molar-refractivity contribution in [2.45, 2.75) is 31.9 Å². The molecule has 7 heteroatoms. The van der Waals surface area contributed by atoms with Crippen molar-refractivity contribution in [3.8, 4) is 0 Å². The Labute approximate surface area is 162 Å². The summed E-state index contributed by atoms with van der Waals surface area (Å²) in [6.07, 6.45) is -1.78. The Morgan fingerprint density at radius 3 is 1.68 bits per heavy atom. The number of aliphatic hydroxyl groups excluding tert-OH is 2. The van der Waals surface area contributed by atoms with E-state index in [1.165, 1.54) is 12.1 Å². The first-order valence-electron chi connectivity index (χ1n) is 9.54. The Hall–Kier alpha value is -2.25. The van der Waals surface area contributed by atoms with E-state index in [-0.39, 0.29) is 13.2 Å². The summed E-state index contributed by atoms with van der Waals surface area (Å²) in [7, 11) is 0.